The lowest BCUT2D eigenvalue weighted by Crippen LogP contribution is -2.19. The van der Waals surface area contributed by atoms with Gasteiger partial charge in [-0.15, -0.1) is 0 Å². The summed E-state index contributed by atoms with van der Waals surface area (Å²) in [7, 11) is 0. The van der Waals surface area contributed by atoms with Crippen LogP contribution in [0.3, 0.4) is 0 Å². The molecule has 1 N–H and O–H groups in total. The number of hydrogen-bond donors (Lipinski definition) is 1. The monoisotopic (exact) mass is 364 g/mol. The first-order chi connectivity index (χ1) is 13.1. The summed E-state index contributed by atoms with van der Waals surface area (Å²) in [6, 6.07) is 15.7. The molecule has 1 fully saturated rings. The summed E-state index contributed by atoms with van der Waals surface area (Å²) in [5, 5.41) is 7.02. The molecule has 0 saturated carbocycles. The Morgan fingerprint density at radius 2 is 1.93 bits per heavy atom. The maximum Gasteiger partial charge on any atom is 0.276 e. The highest BCUT2D eigenvalue weighted by atomic mass is 19.1. The van der Waals surface area contributed by atoms with Crippen molar-refractivity contribution < 1.29 is 9.18 Å². The van der Waals surface area contributed by atoms with Gasteiger partial charge in [0.2, 0.25) is 0 Å². The molecule has 0 aliphatic carbocycles. The maximum atomic E-state index is 13.9. The molecule has 6 heteroatoms. The van der Waals surface area contributed by atoms with Crippen LogP contribution in [0.5, 0.6) is 0 Å². The molecule has 2 heterocycles. The van der Waals surface area contributed by atoms with E-state index in [4.69, 9.17) is 0 Å². The van der Waals surface area contributed by atoms with Crippen LogP contribution in [0.1, 0.15) is 23.8 Å². The summed E-state index contributed by atoms with van der Waals surface area (Å²) in [5.41, 5.74) is 2.41. The Morgan fingerprint density at radius 1 is 1.15 bits per heavy atom. The number of halogens is 1. The number of amides is 1. The van der Waals surface area contributed by atoms with Gasteiger partial charge in [-0.05, 0) is 54.8 Å². The van der Waals surface area contributed by atoms with E-state index in [2.05, 4.69) is 22.2 Å². The molecule has 1 atom stereocenters. The van der Waals surface area contributed by atoms with E-state index in [1.54, 1.807) is 30.5 Å². The Bertz CT molecular complexity index is 951. The molecule has 1 saturated heterocycles. The predicted octanol–water partition coefficient (Wildman–Crippen LogP) is 4.11. The summed E-state index contributed by atoms with van der Waals surface area (Å²) >= 11 is 0. The number of nitrogens with one attached hydrogen (secondary N) is 1. The van der Waals surface area contributed by atoms with Crippen molar-refractivity contribution in [1.82, 2.24) is 9.78 Å². The molecular weight excluding hydrogens is 343 g/mol. The highest BCUT2D eigenvalue weighted by molar-refractivity contribution is 6.02. The normalized spacial score (nSPS) is 16.5. The lowest BCUT2D eigenvalue weighted by atomic mass is 10.2. The van der Waals surface area contributed by atoms with Gasteiger partial charge >= 0.3 is 0 Å². The molecule has 1 amide bonds. The second-order valence-corrected chi connectivity index (χ2v) is 6.94. The van der Waals surface area contributed by atoms with E-state index >= 15 is 0 Å². The molecular formula is C21H21FN4O. The van der Waals surface area contributed by atoms with Gasteiger partial charge in [0.1, 0.15) is 11.5 Å². The summed E-state index contributed by atoms with van der Waals surface area (Å²) in [6.07, 6.45) is 2.79. The second-order valence-electron chi connectivity index (χ2n) is 6.94. The molecule has 1 aromatic heterocycles. The lowest BCUT2D eigenvalue weighted by Gasteiger charge is -2.18. The molecule has 2 aromatic carbocycles. The smallest absolute Gasteiger partial charge is 0.276 e. The summed E-state index contributed by atoms with van der Waals surface area (Å²) in [5.74, 6) is 0.000883. The highest BCUT2D eigenvalue weighted by Crippen LogP contribution is 2.25. The zero-order chi connectivity index (χ0) is 18.8. The number of nitrogens with zero attached hydrogens (tertiary/aromatic N) is 3. The molecule has 1 unspecified atom stereocenters. The Balaban J connectivity index is 1.44. The van der Waals surface area contributed by atoms with Crippen molar-refractivity contribution >= 4 is 17.3 Å². The van der Waals surface area contributed by atoms with E-state index in [9.17, 15) is 9.18 Å². The molecule has 4 rings (SSSR count). The van der Waals surface area contributed by atoms with Crippen LogP contribution in [-0.2, 0) is 0 Å². The molecule has 0 bridgehead atoms. The molecule has 3 aromatic rings. The quantitative estimate of drug-likeness (QED) is 0.758. The number of anilines is 2. The first-order valence-corrected chi connectivity index (χ1v) is 9.07. The summed E-state index contributed by atoms with van der Waals surface area (Å²) < 4.78 is 15.2. The molecule has 1 aliphatic rings. The van der Waals surface area contributed by atoms with Gasteiger partial charge in [0.25, 0.3) is 5.91 Å². The third-order valence-electron chi connectivity index (χ3n) is 4.84. The van der Waals surface area contributed by atoms with Crippen molar-refractivity contribution in [1.29, 1.82) is 0 Å². The third kappa shape index (κ3) is 3.69. The fourth-order valence-corrected chi connectivity index (χ4v) is 3.34. The number of rotatable bonds is 4. The van der Waals surface area contributed by atoms with Crippen molar-refractivity contribution in [3.63, 3.8) is 0 Å². The predicted molar refractivity (Wildman–Crippen MR) is 104 cm³/mol. The van der Waals surface area contributed by atoms with E-state index in [1.807, 2.05) is 24.3 Å². The Hall–Kier alpha value is -3.15. The second kappa shape index (κ2) is 7.23. The van der Waals surface area contributed by atoms with Crippen LogP contribution in [0.15, 0.2) is 60.8 Å². The molecule has 0 radical (unpaired) electrons. The third-order valence-corrected chi connectivity index (χ3v) is 4.84. The Labute approximate surface area is 157 Å². The molecule has 5 nitrogen and oxygen atoms in total. The van der Waals surface area contributed by atoms with Crippen molar-refractivity contribution in [3.05, 3.63) is 72.3 Å². The fraction of sp³-hybridized carbons (Fsp3) is 0.238. The summed E-state index contributed by atoms with van der Waals surface area (Å²) in [6.45, 7) is 4.40. The van der Waals surface area contributed by atoms with Crippen molar-refractivity contribution in [2.75, 3.05) is 23.3 Å². The average molecular weight is 364 g/mol. The van der Waals surface area contributed by atoms with Crippen molar-refractivity contribution in [2.45, 2.75) is 13.3 Å². The minimum Gasteiger partial charge on any atom is -0.371 e. The van der Waals surface area contributed by atoms with Crippen molar-refractivity contribution in [3.8, 4) is 5.69 Å². The molecule has 138 valence electrons. The van der Waals surface area contributed by atoms with Gasteiger partial charge in [0.15, 0.2) is 5.69 Å². The number of benzene rings is 2. The van der Waals surface area contributed by atoms with Crippen LogP contribution < -0.4 is 10.2 Å². The topological polar surface area (TPSA) is 50.2 Å². The van der Waals surface area contributed by atoms with Crippen LogP contribution in [0.25, 0.3) is 5.69 Å². The van der Waals surface area contributed by atoms with Crippen LogP contribution in [0.4, 0.5) is 15.8 Å². The van der Waals surface area contributed by atoms with E-state index in [0.29, 0.717) is 17.3 Å². The van der Waals surface area contributed by atoms with Gasteiger partial charge in [-0.1, -0.05) is 19.1 Å². The standard InChI is InChI=1S/C21H21FN4O/c1-15-10-12-25(14-15)17-8-6-16(7-9-17)23-21(27)19-11-13-26(24-19)20-5-3-2-4-18(20)22/h2-9,11,13,15H,10,12,14H2,1H3,(H,23,27). The first kappa shape index (κ1) is 17.3. The number of hydrogen-bond acceptors (Lipinski definition) is 3. The highest BCUT2D eigenvalue weighted by Gasteiger charge is 2.19. The van der Waals surface area contributed by atoms with E-state index in [1.165, 1.54) is 22.9 Å². The largest absolute Gasteiger partial charge is 0.371 e. The van der Waals surface area contributed by atoms with Crippen LogP contribution in [0.2, 0.25) is 0 Å². The van der Waals surface area contributed by atoms with E-state index in [-0.39, 0.29) is 17.4 Å². The zero-order valence-electron chi connectivity index (χ0n) is 15.1. The maximum absolute atomic E-state index is 13.9. The van der Waals surface area contributed by atoms with Gasteiger partial charge in [0, 0.05) is 30.7 Å². The number of carbonyl (C=O) groups excluding carboxylic acids is 1. The number of aromatic nitrogens is 2. The SMILES string of the molecule is CC1CCN(c2ccc(NC(=O)c3ccn(-c4ccccc4F)n3)cc2)C1. The lowest BCUT2D eigenvalue weighted by molar-refractivity contribution is 0.102. The molecule has 0 spiro atoms. The minimum absolute atomic E-state index is 0.232. The number of para-hydroxylation sites is 1. The minimum atomic E-state index is -0.389. The first-order valence-electron chi connectivity index (χ1n) is 9.07. The van der Waals surface area contributed by atoms with Gasteiger partial charge in [-0.2, -0.15) is 5.10 Å². The van der Waals surface area contributed by atoms with Gasteiger partial charge < -0.3 is 10.2 Å². The Kier molecular flexibility index (Phi) is 4.62. The van der Waals surface area contributed by atoms with Gasteiger partial charge in [-0.3, -0.25) is 4.79 Å². The molecule has 1 aliphatic heterocycles. The van der Waals surface area contributed by atoms with E-state index in [0.717, 1.165) is 13.1 Å². The fourth-order valence-electron chi connectivity index (χ4n) is 3.34. The molecule has 27 heavy (non-hydrogen) atoms. The Morgan fingerprint density at radius 3 is 2.63 bits per heavy atom. The van der Waals surface area contributed by atoms with Crippen LogP contribution in [0, 0.1) is 11.7 Å². The van der Waals surface area contributed by atoms with Crippen LogP contribution in [-0.4, -0.2) is 28.8 Å². The zero-order valence-corrected chi connectivity index (χ0v) is 15.1. The van der Waals surface area contributed by atoms with Gasteiger partial charge in [0.05, 0.1) is 0 Å². The van der Waals surface area contributed by atoms with Crippen LogP contribution >= 0.6 is 0 Å². The summed E-state index contributed by atoms with van der Waals surface area (Å²) in [4.78, 5) is 14.8. The van der Waals surface area contributed by atoms with Crippen molar-refractivity contribution in [2.24, 2.45) is 5.92 Å². The van der Waals surface area contributed by atoms with Gasteiger partial charge in [-0.25, -0.2) is 9.07 Å². The average Bonchev–Trinajstić information content (AvgIpc) is 3.32. The number of carbonyl (C=O) groups is 1. The van der Waals surface area contributed by atoms with E-state index < -0.39 is 0 Å².